The highest BCUT2D eigenvalue weighted by molar-refractivity contribution is 7.86. The van der Waals surface area contributed by atoms with Crippen LogP contribution in [0.5, 0.6) is 0 Å². The number of benzene rings is 6. The second-order valence-corrected chi connectivity index (χ2v) is 14.2. The van der Waals surface area contributed by atoms with Crippen molar-refractivity contribution in [2.24, 2.45) is 0 Å². The lowest BCUT2D eigenvalue weighted by atomic mass is 9.94. The van der Waals surface area contributed by atoms with Gasteiger partial charge in [0.1, 0.15) is 4.90 Å². The van der Waals surface area contributed by atoms with E-state index in [1.807, 2.05) is 91.0 Å². The maximum Gasteiger partial charge on any atom is 0.336 e. The second-order valence-electron chi connectivity index (χ2n) is 7.78. The molecule has 0 fully saturated rings. The number of hydrogen-bond donors (Lipinski definition) is 0. The van der Waals surface area contributed by atoms with Gasteiger partial charge in [-0.3, -0.25) is 0 Å². The van der Waals surface area contributed by atoms with Crippen molar-refractivity contribution in [3.05, 3.63) is 122 Å². The Kier molecular flexibility index (Phi) is 5.05. The maximum absolute atomic E-state index is 13.8. The molecule has 0 N–H and O–H groups in total. The summed E-state index contributed by atoms with van der Waals surface area (Å²) in [6.45, 7) is 0. The molecule has 0 aliphatic rings. The smallest absolute Gasteiger partial charge is 0.190 e. The summed E-state index contributed by atoms with van der Waals surface area (Å²) in [7, 11) is -4.01. The van der Waals surface area contributed by atoms with Crippen LogP contribution in [0.3, 0.4) is 0 Å². The van der Waals surface area contributed by atoms with Crippen LogP contribution in [0.15, 0.2) is 120 Å². The largest absolute Gasteiger partial charge is 0.336 e. The Hall–Kier alpha value is -3.00. The summed E-state index contributed by atoms with van der Waals surface area (Å²) in [4.78, 5) is 0.224. The number of hydrogen-bond acceptors (Lipinski definition) is 3. The van der Waals surface area contributed by atoms with Crippen LogP contribution in [0.1, 0.15) is 0 Å². The molecule has 3 nitrogen and oxygen atoms in total. The van der Waals surface area contributed by atoms with E-state index in [1.165, 1.54) is 0 Å². The first-order chi connectivity index (χ1) is 16.1. The van der Waals surface area contributed by atoms with Gasteiger partial charge in [-0.15, -0.1) is 0 Å². The van der Waals surface area contributed by atoms with Gasteiger partial charge in [-0.05, 0) is 59.8 Å². The topological polar surface area (TPSA) is 43.4 Å². The monoisotopic (exact) mass is 562 g/mol. The third-order valence-electron chi connectivity index (χ3n) is 5.77. The molecule has 0 spiro atoms. The Morgan fingerprint density at radius 1 is 0.515 bits per heavy atom. The highest BCUT2D eigenvalue weighted by atomic mass is 127. The molecule has 6 aromatic rings. The lowest BCUT2D eigenvalue weighted by molar-refractivity contribution is -1.03. The molecule has 0 saturated carbocycles. The Morgan fingerprint density at radius 2 is 1.03 bits per heavy atom. The van der Waals surface area contributed by atoms with Gasteiger partial charge in [-0.1, -0.05) is 84.9 Å². The first kappa shape index (κ1) is 20.6. The average Bonchev–Trinajstić information content (AvgIpc) is 2.87. The molecule has 0 heterocycles. The Labute approximate surface area is 200 Å². The molecule has 0 amide bonds. The van der Waals surface area contributed by atoms with Gasteiger partial charge in [-0.2, -0.15) is 8.42 Å². The molecule has 0 unspecified atom stereocenters. The minimum atomic E-state index is -4.01. The standard InChI is InChI=1S/C28H19IO3S/c30-33(31,32-29(23-10-3-1-4-11-23)24-12-5-2-6-13-24)26-19-17-22-15-14-20-8-7-9-21-16-18-25(26)28(22)27(20)21/h1-19H/q+1. The van der Waals surface area contributed by atoms with Gasteiger partial charge < -0.3 is 0 Å². The average molecular weight is 562 g/mol. The predicted octanol–water partition coefficient (Wildman–Crippen LogP) is 3.57. The molecular weight excluding hydrogens is 543 g/mol. The fraction of sp³-hybridized carbons (Fsp3) is 0. The molecule has 5 heteroatoms. The number of rotatable bonds is 5. The summed E-state index contributed by atoms with van der Waals surface area (Å²) >= 11 is -2.71. The van der Waals surface area contributed by atoms with E-state index in [1.54, 1.807) is 6.07 Å². The minimum Gasteiger partial charge on any atom is -0.190 e. The summed E-state index contributed by atoms with van der Waals surface area (Å²) in [6.07, 6.45) is 0. The molecule has 0 bridgehead atoms. The first-order valence-corrected chi connectivity index (χ1v) is 15.0. The van der Waals surface area contributed by atoms with Crippen LogP contribution in [0.4, 0.5) is 0 Å². The SMILES string of the molecule is O=S(=O)(O[I+](c1ccccc1)c1ccccc1)c1ccc2ccc3cccc4ccc1c2c34. The van der Waals surface area contributed by atoms with Crippen LogP contribution in [-0.2, 0) is 12.6 Å². The van der Waals surface area contributed by atoms with Crippen LogP contribution >= 0.6 is 0 Å². The molecule has 0 aromatic heterocycles. The molecule has 6 rings (SSSR count). The van der Waals surface area contributed by atoms with E-state index in [-0.39, 0.29) is 4.90 Å². The minimum absolute atomic E-state index is 0.224. The fourth-order valence-electron chi connectivity index (χ4n) is 4.30. The van der Waals surface area contributed by atoms with Gasteiger partial charge in [0, 0.05) is 5.39 Å². The highest BCUT2D eigenvalue weighted by Crippen LogP contribution is 2.37. The fourth-order valence-corrected chi connectivity index (χ4v) is 11.5. The van der Waals surface area contributed by atoms with Crippen molar-refractivity contribution in [3.63, 3.8) is 0 Å². The molecule has 0 saturated heterocycles. The van der Waals surface area contributed by atoms with Gasteiger partial charge in [0.2, 0.25) is 0 Å². The van der Waals surface area contributed by atoms with Gasteiger partial charge in [0.15, 0.2) is 7.14 Å². The third kappa shape index (κ3) is 3.57. The van der Waals surface area contributed by atoms with Gasteiger partial charge >= 0.3 is 30.4 Å². The van der Waals surface area contributed by atoms with Gasteiger partial charge in [0.05, 0.1) is 0 Å². The van der Waals surface area contributed by atoms with Gasteiger partial charge in [0.25, 0.3) is 0 Å². The van der Waals surface area contributed by atoms with Crippen molar-refractivity contribution in [2.45, 2.75) is 4.90 Å². The van der Waals surface area contributed by atoms with E-state index in [0.717, 1.165) is 34.1 Å². The zero-order valence-corrected chi connectivity index (χ0v) is 20.5. The summed E-state index contributed by atoms with van der Waals surface area (Å²) < 4.78 is 35.5. The summed E-state index contributed by atoms with van der Waals surface area (Å²) in [5.41, 5.74) is 0. The van der Waals surface area contributed by atoms with Crippen molar-refractivity contribution >= 4 is 42.4 Å². The second kappa shape index (κ2) is 8.09. The molecule has 161 valence electrons. The molecule has 0 aliphatic carbocycles. The molecule has 33 heavy (non-hydrogen) atoms. The zero-order chi connectivity index (χ0) is 22.4. The van der Waals surface area contributed by atoms with Crippen LogP contribution in [0, 0.1) is 7.14 Å². The van der Waals surface area contributed by atoms with Crippen molar-refractivity contribution in [2.75, 3.05) is 0 Å². The van der Waals surface area contributed by atoms with E-state index < -0.39 is 30.4 Å². The van der Waals surface area contributed by atoms with Crippen molar-refractivity contribution in [1.29, 1.82) is 0 Å². The van der Waals surface area contributed by atoms with E-state index >= 15 is 0 Å². The highest BCUT2D eigenvalue weighted by Gasteiger charge is 2.38. The number of halogens is 1. The van der Waals surface area contributed by atoms with E-state index in [0.29, 0.717) is 5.39 Å². The lowest BCUT2D eigenvalue weighted by Crippen LogP contribution is -3.85. The van der Waals surface area contributed by atoms with Crippen LogP contribution < -0.4 is 20.2 Å². The zero-order valence-electron chi connectivity index (χ0n) is 17.5. The normalized spacial score (nSPS) is 12.3. The van der Waals surface area contributed by atoms with Crippen LogP contribution in [0.25, 0.3) is 32.3 Å². The third-order valence-corrected chi connectivity index (χ3v) is 13.2. The first-order valence-electron chi connectivity index (χ1n) is 10.5. The van der Waals surface area contributed by atoms with Crippen LogP contribution in [0.2, 0.25) is 0 Å². The Balaban J connectivity index is 1.54. The Morgan fingerprint density at radius 3 is 1.64 bits per heavy atom. The summed E-state index contributed by atoms with van der Waals surface area (Å²) in [6, 6.07) is 37.1. The lowest BCUT2D eigenvalue weighted by Gasteiger charge is -2.13. The van der Waals surface area contributed by atoms with E-state index in [4.69, 9.17) is 2.51 Å². The van der Waals surface area contributed by atoms with E-state index in [2.05, 4.69) is 18.2 Å². The van der Waals surface area contributed by atoms with E-state index in [9.17, 15) is 8.42 Å². The predicted molar refractivity (Wildman–Crippen MR) is 129 cm³/mol. The molecule has 0 aliphatic heterocycles. The molecule has 1 radical (unpaired) electrons. The van der Waals surface area contributed by atoms with Gasteiger partial charge in [-0.25, -0.2) is 0 Å². The summed E-state index contributed by atoms with van der Waals surface area (Å²) in [5.74, 6) is 0. The maximum atomic E-state index is 13.8. The molecule has 0 atom stereocenters. The summed E-state index contributed by atoms with van der Waals surface area (Å²) in [5, 5.41) is 5.98. The van der Waals surface area contributed by atoms with Crippen molar-refractivity contribution in [1.82, 2.24) is 0 Å². The Bertz CT molecular complexity index is 1640. The van der Waals surface area contributed by atoms with Crippen molar-refractivity contribution < 1.29 is 31.2 Å². The van der Waals surface area contributed by atoms with Crippen molar-refractivity contribution in [3.8, 4) is 0 Å². The molecular formula is C28H19IO3S+. The van der Waals surface area contributed by atoms with Crippen LogP contribution in [-0.4, -0.2) is 8.42 Å². The quantitative estimate of drug-likeness (QED) is 0.239. The molecule has 6 aromatic carbocycles.